The van der Waals surface area contributed by atoms with E-state index in [9.17, 15) is 22.0 Å². The van der Waals surface area contributed by atoms with Crippen molar-refractivity contribution in [1.82, 2.24) is 0 Å². The Morgan fingerprint density at radius 1 is 0.929 bits per heavy atom. The van der Waals surface area contributed by atoms with Crippen molar-refractivity contribution in [2.75, 3.05) is 0 Å². The molecule has 0 fully saturated rings. The molecular formula is C7Cl2F5. The molecule has 0 amide bonds. The third-order valence-corrected chi connectivity index (χ3v) is 1.85. The second-order valence-corrected chi connectivity index (χ2v) is 3.01. The minimum Gasteiger partial charge on any atom is -0.205 e. The molecule has 1 radical (unpaired) electrons. The van der Waals surface area contributed by atoms with Crippen molar-refractivity contribution in [3.63, 3.8) is 0 Å². The van der Waals surface area contributed by atoms with Crippen molar-refractivity contribution < 1.29 is 22.0 Å². The van der Waals surface area contributed by atoms with Crippen LogP contribution < -0.4 is 0 Å². The quantitative estimate of drug-likeness (QED) is 0.480. The highest BCUT2D eigenvalue weighted by molar-refractivity contribution is 6.34. The highest BCUT2D eigenvalue weighted by Crippen LogP contribution is 2.38. The van der Waals surface area contributed by atoms with Gasteiger partial charge in [-0.1, -0.05) is 23.2 Å². The van der Waals surface area contributed by atoms with Gasteiger partial charge in [0.1, 0.15) is 5.56 Å². The molecule has 0 aliphatic heterocycles. The van der Waals surface area contributed by atoms with Crippen LogP contribution in [0, 0.1) is 17.7 Å². The Hall–Kier alpha value is -0.550. The summed E-state index contributed by atoms with van der Waals surface area (Å²) in [5.41, 5.74) is -2.11. The number of alkyl halides is 3. The van der Waals surface area contributed by atoms with Crippen molar-refractivity contribution in [3.05, 3.63) is 33.3 Å². The lowest BCUT2D eigenvalue weighted by atomic mass is 10.2. The summed E-state index contributed by atoms with van der Waals surface area (Å²) in [4.78, 5) is 0. The largest absolute Gasteiger partial charge is 0.422 e. The Labute approximate surface area is 85.2 Å². The van der Waals surface area contributed by atoms with E-state index < -0.39 is 33.4 Å². The van der Waals surface area contributed by atoms with Crippen LogP contribution in [0.4, 0.5) is 22.0 Å². The van der Waals surface area contributed by atoms with Gasteiger partial charge in [-0.25, -0.2) is 8.78 Å². The van der Waals surface area contributed by atoms with E-state index in [-0.39, 0.29) is 0 Å². The second kappa shape index (κ2) is 3.55. The van der Waals surface area contributed by atoms with Gasteiger partial charge in [-0.2, -0.15) is 13.2 Å². The van der Waals surface area contributed by atoms with Gasteiger partial charge in [0.15, 0.2) is 11.6 Å². The van der Waals surface area contributed by atoms with Crippen LogP contribution in [0.15, 0.2) is 0 Å². The van der Waals surface area contributed by atoms with E-state index in [2.05, 4.69) is 0 Å². The molecule has 1 rings (SSSR count). The van der Waals surface area contributed by atoms with Crippen LogP contribution in [-0.4, -0.2) is 0 Å². The molecule has 77 valence electrons. The molecule has 0 bridgehead atoms. The molecule has 1 aromatic rings. The van der Waals surface area contributed by atoms with Crippen LogP contribution >= 0.6 is 23.2 Å². The van der Waals surface area contributed by atoms with Gasteiger partial charge in [0.25, 0.3) is 0 Å². The molecule has 0 atom stereocenters. The number of halogens is 7. The molecule has 0 aromatic heterocycles. The van der Waals surface area contributed by atoms with Crippen LogP contribution in [-0.2, 0) is 6.18 Å². The van der Waals surface area contributed by atoms with E-state index >= 15 is 0 Å². The highest BCUT2D eigenvalue weighted by Gasteiger charge is 2.39. The first-order valence-electron chi connectivity index (χ1n) is 3.07. The van der Waals surface area contributed by atoms with E-state index in [1.165, 1.54) is 0 Å². The lowest BCUT2D eigenvalue weighted by molar-refractivity contribution is -0.142. The summed E-state index contributed by atoms with van der Waals surface area (Å²) in [7, 11) is 0. The fourth-order valence-electron chi connectivity index (χ4n) is 0.771. The summed E-state index contributed by atoms with van der Waals surface area (Å²) in [5.74, 6) is -3.83. The summed E-state index contributed by atoms with van der Waals surface area (Å²) in [5, 5.41) is -1.99. The summed E-state index contributed by atoms with van der Waals surface area (Å²) in [6.07, 6.45) is -5.18. The second-order valence-electron chi connectivity index (χ2n) is 2.25. The van der Waals surface area contributed by atoms with E-state index in [4.69, 9.17) is 23.2 Å². The first-order valence-corrected chi connectivity index (χ1v) is 3.83. The lowest BCUT2D eigenvalue weighted by Crippen LogP contribution is -2.12. The van der Waals surface area contributed by atoms with Gasteiger partial charge in [0.2, 0.25) is 0 Å². The molecule has 0 aliphatic rings. The number of rotatable bonds is 0. The maximum absolute atomic E-state index is 12.8. The van der Waals surface area contributed by atoms with Gasteiger partial charge >= 0.3 is 6.18 Å². The average molecular weight is 250 g/mol. The average Bonchev–Trinajstić information content (AvgIpc) is 1.98. The molecule has 7 heteroatoms. The van der Waals surface area contributed by atoms with E-state index in [1.807, 2.05) is 0 Å². The van der Waals surface area contributed by atoms with E-state index in [0.717, 1.165) is 0 Å². The molecular weight excluding hydrogens is 250 g/mol. The zero-order valence-corrected chi connectivity index (χ0v) is 7.66. The SMILES string of the molecule is Fc1c(Cl)[c]c(Cl)c(F)c1C(F)(F)F. The third kappa shape index (κ3) is 1.93. The first-order chi connectivity index (χ1) is 6.25. The summed E-state index contributed by atoms with van der Waals surface area (Å²) < 4.78 is 61.7. The first kappa shape index (κ1) is 11.5. The third-order valence-electron chi connectivity index (χ3n) is 1.33. The minimum atomic E-state index is -5.18. The molecule has 14 heavy (non-hydrogen) atoms. The van der Waals surface area contributed by atoms with E-state index in [1.54, 1.807) is 6.07 Å². The molecule has 0 unspecified atom stereocenters. The van der Waals surface area contributed by atoms with Gasteiger partial charge in [-0.05, 0) is 0 Å². The summed E-state index contributed by atoms with van der Waals surface area (Å²) in [6, 6.07) is 1.70. The smallest absolute Gasteiger partial charge is 0.205 e. The van der Waals surface area contributed by atoms with Gasteiger partial charge in [-0.3, -0.25) is 0 Å². The topological polar surface area (TPSA) is 0 Å². The zero-order valence-electron chi connectivity index (χ0n) is 6.15. The lowest BCUT2D eigenvalue weighted by Gasteiger charge is -2.10. The molecule has 1 aromatic carbocycles. The van der Waals surface area contributed by atoms with Crippen molar-refractivity contribution in [2.24, 2.45) is 0 Å². The van der Waals surface area contributed by atoms with Gasteiger partial charge in [0.05, 0.1) is 10.0 Å². The normalized spacial score (nSPS) is 11.9. The molecule has 0 N–H and O–H groups in total. The maximum Gasteiger partial charge on any atom is 0.422 e. The minimum absolute atomic E-state index is 0.997. The zero-order chi connectivity index (χ0) is 11.1. The molecule has 0 heterocycles. The maximum atomic E-state index is 12.8. The highest BCUT2D eigenvalue weighted by atomic mass is 35.5. The Kier molecular flexibility index (Phi) is 2.92. The molecule has 0 spiro atoms. The summed E-state index contributed by atoms with van der Waals surface area (Å²) in [6.45, 7) is 0. The molecule has 0 aliphatic carbocycles. The molecule has 0 nitrogen and oxygen atoms in total. The number of benzene rings is 1. The van der Waals surface area contributed by atoms with Crippen LogP contribution in [0.1, 0.15) is 5.56 Å². The van der Waals surface area contributed by atoms with E-state index in [0.29, 0.717) is 0 Å². The Bertz CT molecular complexity index is 345. The molecule has 0 saturated heterocycles. The van der Waals surface area contributed by atoms with Gasteiger partial charge in [-0.15, -0.1) is 0 Å². The number of hydrogen-bond acceptors (Lipinski definition) is 0. The molecule has 0 saturated carbocycles. The van der Waals surface area contributed by atoms with Crippen LogP contribution in [0.2, 0.25) is 10.0 Å². The van der Waals surface area contributed by atoms with Crippen molar-refractivity contribution in [3.8, 4) is 0 Å². The van der Waals surface area contributed by atoms with Crippen LogP contribution in [0.3, 0.4) is 0 Å². The summed E-state index contributed by atoms with van der Waals surface area (Å²) >= 11 is 10.0. The van der Waals surface area contributed by atoms with Gasteiger partial charge < -0.3 is 0 Å². The number of hydrogen-bond donors (Lipinski definition) is 0. The standard InChI is InChI=1S/C7Cl2F5/c8-2-1-3(9)6(11)4(5(2)10)7(12,13)14. The predicted molar refractivity (Wildman–Crippen MR) is 40.2 cm³/mol. The Morgan fingerprint density at radius 2 is 1.29 bits per heavy atom. The fourth-order valence-corrected chi connectivity index (χ4v) is 1.20. The predicted octanol–water partition coefficient (Wildman–Crippen LogP) is 4.09. The monoisotopic (exact) mass is 249 g/mol. The van der Waals surface area contributed by atoms with Gasteiger partial charge in [0, 0.05) is 6.07 Å². The van der Waals surface area contributed by atoms with Crippen molar-refractivity contribution >= 4 is 23.2 Å². The van der Waals surface area contributed by atoms with Crippen LogP contribution in [0.25, 0.3) is 0 Å². The van der Waals surface area contributed by atoms with Crippen LogP contribution in [0.5, 0.6) is 0 Å². The fraction of sp³-hybridized carbons (Fsp3) is 0.143. The van der Waals surface area contributed by atoms with Crippen molar-refractivity contribution in [2.45, 2.75) is 6.18 Å². The Morgan fingerprint density at radius 3 is 1.57 bits per heavy atom. The Balaban J connectivity index is 3.56. The van der Waals surface area contributed by atoms with Crippen molar-refractivity contribution in [1.29, 1.82) is 0 Å².